The molecule has 0 saturated carbocycles. The van der Waals surface area contributed by atoms with Crippen LogP contribution in [0.1, 0.15) is 5.56 Å². The number of hydrogen-bond donors (Lipinski definition) is 2. The zero-order valence-electron chi connectivity index (χ0n) is 13.1. The summed E-state index contributed by atoms with van der Waals surface area (Å²) in [5.74, 6) is 0.688. The van der Waals surface area contributed by atoms with Gasteiger partial charge in [0.1, 0.15) is 0 Å². The van der Waals surface area contributed by atoms with E-state index in [-0.39, 0.29) is 6.03 Å². The van der Waals surface area contributed by atoms with Crippen LogP contribution in [0.25, 0.3) is 16.0 Å². The van der Waals surface area contributed by atoms with Crippen LogP contribution in [-0.2, 0) is 6.54 Å². The molecular weight excluding hydrogens is 336 g/mol. The first-order chi connectivity index (χ1) is 12.3. The Morgan fingerprint density at radius 1 is 1.12 bits per heavy atom. The van der Waals surface area contributed by atoms with Gasteiger partial charge in [-0.2, -0.15) is 5.10 Å². The number of anilines is 1. The molecule has 0 bridgehead atoms. The van der Waals surface area contributed by atoms with E-state index in [1.807, 2.05) is 48.7 Å². The Labute approximate surface area is 147 Å². The van der Waals surface area contributed by atoms with Gasteiger partial charge in [-0.15, -0.1) is 0 Å². The second-order valence-electron chi connectivity index (χ2n) is 5.23. The average Bonchev–Trinajstić information content (AvgIpc) is 3.29. The van der Waals surface area contributed by atoms with Crippen LogP contribution in [0.15, 0.2) is 61.1 Å². The van der Waals surface area contributed by atoms with E-state index in [4.69, 9.17) is 0 Å². The number of rotatable bonds is 4. The number of nitrogens with one attached hydrogen (secondary N) is 2. The van der Waals surface area contributed by atoms with Crippen LogP contribution in [0.5, 0.6) is 0 Å². The Balaban J connectivity index is 1.44. The Bertz CT molecular complexity index is 978. The Kier molecular flexibility index (Phi) is 4.09. The minimum absolute atomic E-state index is 0.311. The largest absolute Gasteiger partial charge is 0.334 e. The molecule has 2 N–H and O–H groups in total. The summed E-state index contributed by atoms with van der Waals surface area (Å²) in [6.07, 6.45) is 5.19. The van der Waals surface area contributed by atoms with Crippen molar-refractivity contribution in [2.75, 3.05) is 5.32 Å². The lowest BCUT2D eigenvalue weighted by Gasteiger charge is -2.09. The first-order valence-electron chi connectivity index (χ1n) is 7.64. The van der Waals surface area contributed by atoms with Crippen LogP contribution in [0.2, 0.25) is 0 Å². The molecule has 25 heavy (non-hydrogen) atoms. The van der Waals surface area contributed by atoms with E-state index in [2.05, 4.69) is 25.7 Å². The number of amides is 2. The fourth-order valence-electron chi connectivity index (χ4n) is 2.41. The normalized spacial score (nSPS) is 10.7. The van der Waals surface area contributed by atoms with E-state index in [1.54, 1.807) is 17.1 Å². The minimum Gasteiger partial charge on any atom is -0.334 e. The van der Waals surface area contributed by atoms with Crippen molar-refractivity contribution in [3.63, 3.8) is 0 Å². The van der Waals surface area contributed by atoms with Crippen molar-refractivity contribution in [3.8, 4) is 5.82 Å². The SMILES string of the molecule is O=C(NCc1cccnc1-n1cccn1)Nc1nc2ccccc2s1. The van der Waals surface area contributed by atoms with Crippen molar-refractivity contribution in [1.29, 1.82) is 0 Å². The van der Waals surface area contributed by atoms with Crippen molar-refractivity contribution in [3.05, 3.63) is 66.6 Å². The molecular formula is C17H14N6OS. The van der Waals surface area contributed by atoms with E-state index in [1.165, 1.54) is 11.3 Å². The van der Waals surface area contributed by atoms with Crippen LogP contribution >= 0.6 is 11.3 Å². The van der Waals surface area contributed by atoms with Gasteiger partial charge in [-0.05, 0) is 24.3 Å². The highest BCUT2D eigenvalue weighted by molar-refractivity contribution is 7.22. The molecule has 2 amide bonds. The summed E-state index contributed by atoms with van der Waals surface area (Å²) in [4.78, 5) is 20.9. The molecule has 0 aliphatic heterocycles. The molecule has 3 aromatic heterocycles. The maximum Gasteiger partial charge on any atom is 0.321 e. The molecule has 8 heteroatoms. The molecule has 0 saturated heterocycles. The quantitative estimate of drug-likeness (QED) is 0.592. The smallest absolute Gasteiger partial charge is 0.321 e. The molecule has 4 aromatic rings. The predicted octanol–water partition coefficient (Wildman–Crippen LogP) is 3.20. The Morgan fingerprint density at radius 3 is 2.88 bits per heavy atom. The molecule has 0 aliphatic carbocycles. The number of carbonyl (C=O) groups excluding carboxylic acids is 1. The van der Waals surface area contributed by atoms with Crippen molar-refractivity contribution < 1.29 is 4.79 Å². The van der Waals surface area contributed by atoms with Crippen molar-refractivity contribution >= 4 is 32.7 Å². The predicted molar refractivity (Wildman–Crippen MR) is 96.8 cm³/mol. The number of fused-ring (bicyclic) bond motifs is 1. The lowest BCUT2D eigenvalue weighted by molar-refractivity contribution is 0.251. The molecule has 0 aliphatic rings. The van der Waals surface area contributed by atoms with Crippen molar-refractivity contribution in [2.24, 2.45) is 0 Å². The standard InChI is InChI=1S/C17H14N6OS/c24-16(22-17-21-13-6-1-2-7-14(13)25-17)19-11-12-5-3-8-18-15(12)23-10-4-9-20-23/h1-10H,11H2,(H2,19,21,22,24). The first kappa shape index (κ1) is 15.3. The van der Waals surface area contributed by atoms with Gasteiger partial charge in [0.15, 0.2) is 10.9 Å². The van der Waals surface area contributed by atoms with Gasteiger partial charge in [0.2, 0.25) is 0 Å². The fourth-order valence-corrected chi connectivity index (χ4v) is 3.27. The molecule has 0 spiro atoms. The third-order valence-electron chi connectivity index (χ3n) is 3.54. The molecule has 3 heterocycles. The second kappa shape index (κ2) is 6.70. The lowest BCUT2D eigenvalue weighted by Crippen LogP contribution is -2.28. The van der Waals surface area contributed by atoms with Crippen LogP contribution in [-0.4, -0.2) is 25.8 Å². The van der Waals surface area contributed by atoms with E-state index in [9.17, 15) is 4.79 Å². The molecule has 0 radical (unpaired) electrons. The number of urea groups is 1. The van der Waals surface area contributed by atoms with Crippen LogP contribution in [0.3, 0.4) is 0 Å². The number of pyridine rings is 1. The van der Waals surface area contributed by atoms with Gasteiger partial charge < -0.3 is 5.32 Å². The summed E-state index contributed by atoms with van der Waals surface area (Å²) in [5, 5.41) is 10.4. The zero-order valence-corrected chi connectivity index (χ0v) is 13.9. The molecule has 0 atom stereocenters. The minimum atomic E-state index is -0.311. The average molecular weight is 350 g/mol. The van der Waals surface area contributed by atoms with Gasteiger partial charge in [-0.3, -0.25) is 5.32 Å². The van der Waals surface area contributed by atoms with E-state index in [0.29, 0.717) is 17.5 Å². The van der Waals surface area contributed by atoms with E-state index in [0.717, 1.165) is 15.8 Å². The monoisotopic (exact) mass is 350 g/mol. The van der Waals surface area contributed by atoms with E-state index < -0.39 is 0 Å². The third-order valence-corrected chi connectivity index (χ3v) is 4.49. The molecule has 0 unspecified atom stereocenters. The van der Waals surface area contributed by atoms with Crippen LogP contribution < -0.4 is 10.6 Å². The second-order valence-corrected chi connectivity index (χ2v) is 6.26. The van der Waals surface area contributed by atoms with Crippen molar-refractivity contribution in [2.45, 2.75) is 6.54 Å². The number of thiazole rings is 1. The Hall–Kier alpha value is -3.26. The topological polar surface area (TPSA) is 84.7 Å². The molecule has 1 aromatic carbocycles. The third kappa shape index (κ3) is 3.33. The highest BCUT2D eigenvalue weighted by atomic mass is 32.1. The highest BCUT2D eigenvalue weighted by Crippen LogP contribution is 2.25. The lowest BCUT2D eigenvalue weighted by atomic mass is 10.2. The molecule has 4 rings (SSSR count). The number of carbonyl (C=O) groups is 1. The van der Waals surface area contributed by atoms with Crippen LogP contribution in [0.4, 0.5) is 9.93 Å². The van der Waals surface area contributed by atoms with Gasteiger partial charge in [-0.25, -0.2) is 19.4 Å². The van der Waals surface area contributed by atoms with Gasteiger partial charge in [0.05, 0.1) is 10.2 Å². The van der Waals surface area contributed by atoms with E-state index >= 15 is 0 Å². The van der Waals surface area contributed by atoms with Crippen molar-refractivity contribution in [1.82, 2.24) is 25.1 Å². The number of nitrogens with zero attached hydrogens (tertiary/aromatic N) is 4. The summed E-state index contributed by atoms with van der Waals surface area (Å²) in [6, 6.07) is 13.0. The summed E-state index contributed by atoms with van der Waals surface area (Å²) >= 11 is 1.44. The summed E-state index contributed by atoms with van der Waals surface area (Å²) in [7, 11) is 0. The number of hydrogen-bond acceptors (Lipinski definition) is 5. The maximum absolute atomic E-state index is 12.2. The maximum atomic E-state index is 12.2. The number of para-hydroxylation sites is 1. The van der Waals surface area contributed by atoms with Crippen LogP contribution in [0, 0.1) is 0 Å². The molecule has 124 valence electrons. The van der Waals surface area contributed by atoms with Gasteiger partial charge in [-0.1, -0.05) is 29.5 Å². The molecule has 0 fully saturated rings. The highest BCUT2D eigenvalue weighted by Gasteiger charge is 2.10. The van der Waals surface area contributed by atoms with Gasteiger partial charge in [0, 0.05) is 30.7 Å². The number of aromatic nitrogens is 4. The first-order valence-corrected chi connectivity index (χ1v) is 8.45. The number of benzene rings is 1. The molecule has 7 nitrogen and oxygen atoms in total. The summed E-state index contributed by atoms with van der Waals surface area (Å²) in [5.41, 5.74) is 1.74. The zero-order chi connectivity index (χ0) is 17.1. The fraction of sp³-hybridized carbons (Fsp3) is 0.0588. The Morgan fingerprint density at radius 2 is 2.04 bits per heavy atom. The summed E-state index contributed by atoms with van der Waals surface area (Å²) < 4.78 is 2.70. The van der Waals surface area contributed by atoms with Gasteiger partial charge in [0.25, 0.3) is 0 Å². The van der Waals surface area contributed by atoms with Gasteiger partial charge >= 0.3 is 6.03 Å². The summed E-state index contributed by atoms with van der Waals surface area (Å²) in [6.45, 7) is 0.333.